The third-order valence-corrected chi connectivity index (χ3v) is 2.11. The first-order chi connectivity index (χ1) is 9.00. The Morgan fingerprint density at radius 3 is 3.06 bits per heavy atom. The molecule has 0 amide bonds. The molecular weight excluding hydrogens is 221 g/mol. The van der Waals surface area contributed by atoms with Crippen LogP contribution in [0.15, 0.2) is 30.6 Å². The van der Waals surface area contributed by atoms with E-state index in [1.165, 1.54) is 25.6 Å². The van der Waals surface area contributed by atoms with Gasteiger partial charge in [0.25, 0.3) is 5.69 Å². The molecule has 17 heavy (non-hydrogen) atoms. The number of methoxy groups -OCH3 is 1. The largest absolute Gasteiger partial charge is 0.508 e. The second-order valence-electron chi connectivity index (χ2n) is 3.18. The molecule has 0 saturated heterocycles. The lowest BCUT2D eigenvalue weighted by Crippen LogP contribution is -2.01. The molecule has 0 aliphatic rings. The van der Waals surface area contributed by atoms with Crippen molar-refractivity contribution in [3.63, 3.8) is 0 Å². The number of aromatic nitrogens is 2. The lowest BCUT2D eigenvalue weighted by molar-refractivity contribution is 0.413. The summed E-state index contributed by atoms with van der Waals surface area (Å²) >= 11 is 0. The molecule has 5 heteroatoms. The Bertz CT molecular complexity index is 635. The van der Waals surface area contributed by atoms with Crippen molar-refractivity contribution >= 4 is 5.69 Å². The predicted molar refractivity (Wildman–Crippen MR) is 60.5 cm³/mol. The van der Waals surface area contributed by atoms with Gasteiger partial charge in [0, 0.05) is 12.4 Å². The Balaban J connectivity index is 2.59. The molecule has 1 aromatic heterocycles. The molecule has 86 valence electrons. The molecule has 0 radical (unpaired) electrons. The van der Waals surface area contributed by atoms with Gasteiger partial charge < -0.3 is 4.74 Å². The maximum atomic E-state index is 13.8. The van der Waals surface area contributed by atoms with Crippen LogP contribution in [0.3, 0.4) is 0 Å². The van der Waals surface area contributed by atoms with Gasteiger partial charge in [-0.25, -0.2) is 9.24 Å². The second-order valence-corrected chi connectivity index (χ2v) is 3.18. The van der Waals surface area contributed by atoms with Gasteiger partial charge in [-0.2, -0.15) is 5.10 Å². The van der Waals surface area contributed by atoms with Gasteiger partial charge in [0.15, 0.2) is 0 Å². The fourth-order valence-electron chi connectivity index (χ4n) is 1.37. The van der Waals surface area contributed by atoms with Gasteiger partial charge in [0.2, 0.25) is 0 Å². The van der Waals surface area contributed by atoms with E-state index in [-0.39, 0.29) is 17.0 Å². The first-order valence-electron chi connectivity index (χ1n) is 5.76. The quantitative estimate of drug-likeness (QED) is 0.763. The van der Waals surface area contributed by atoms with E-state index < -0.39 is 12.3 Å². The number of rotatable bonds is 3. The van der Waals surface area contributed by atoms with Crippen molar-refractivity contribution in [1.82, 2.24) is 9.78 Å². The van der Waals surface area contributed by atoms with Crippen LogP contribution in [0.1, 0.15) is 8.30 Å². The summed E-state index contributed by atoms with van der Waals surface area (Å²) in [4.78, 5) is 3.03. The van der Waals surface area contributed by atoms with Gasteiger partial charge in [-0.15, -0.1) is 0 Å². The molecular formula is C12H10FN3O. The smallest absolute Gasteiger partial charge is 0.262 e. The summed E-state index contributed by atoms with van der Waals surface area (Å²) in [6.45, 7) is 4.86. The summed E-state index contributed by atoms with van der Waals surface area (Å²) in [5, 5.41) is 3.81. The minimum atomic E-state index is -2.03. The van der Waals surface area contributed by atoms with Crippen LogP contribution in [0.2, 0.25) is 0 Å². The van der Waals surface area contributed by atoms with E-state index in [2.05, 4.69) is 9.94 Å². The maximum absolute atomic E-state index is 13.8. The lowest BCUT2D eigenvalue weighted by atomic mass is 10.2. The molecule has 0 N–H and O–H groups in total. The van der Waals surface area contributed by atoms with Crippen LogP contribution in [-0.2, 0) is 6.50 Å². The zero-order valence-electron chi connectivity index (χ0n) is 11.0. The van der Waals surface area contributed by atoms with Gasteiger partial charge in [-0.05, 0) is 23.8 Å². The number of hydrogen-bond donors (Lipinski definition) is 0. The Labute approximate surface area is 101 Å². The van der Waals surface area contributed by atoms with E-state index in [0.29, 0.717) is 0 Å². The lowest BCUT2D eigenvalue weighted by Gasteiger charge is -2.08. The highest BCUT2D eigenvalue weighted by Gasteiger charge is 2.11. The highest BCUT2D eigenvalue weighted by Crippen LogP contribution is 2.32. The average molecular weight is 233 g/mol. The Morgan fingerprint density at radius 1 is 1.65 bits per heavy atom. The summed E-state index contributed by atoms with van der Waals surface area (Å²) in [7, 11) is 1.30. The van der Waals surface area contributed by atoms with Crippen LogP contribution in [0.4, 0.5) is 10.1 Å². The molecule has 0 spiro atoms. The fourth-order valence-corrected chi connectivity index (χ4v) is 1.37. The number of benzene rings is 1. The van der Waals surface area contributed by atoms with Crippen LogP contribution in [-0.4, -0.2) is 16.9 Å². The molecule has 2 rings (SSSR count). The highest BCUT2D eigenvalue weighted by molar-refractivity contribution is 5.59. The average Bonchev–Trinajstić information content (AvgIpc) is 2.92. The van der Waals surface area contributed by atoms with Gasteiger partial charge in [0.1, 0.15) is 11.6 Å². The van der Waals surface area contributed by atoms with Crippen molar-refractivity contribution in [2.24, 2.45) is 0 Å². The Kier molecular flexibility index (Phi) is 2.40. The van der Waals surface area contributed by atoms with E-state index in [4.69, 9.17) is 14.1 Å². The van der Waals surface area contributed by atoms with E-state index in [0.717, 1.165) is 10.7 Å². The Morgan fingerprint density at radius 2 is 2.47 bits per heavy atom. The molecule has 1 aromatic carbocycles. The normalized spacial score (nSPS) is 12.5. The predicted octanol–water partition coefficient (Wildman–Crippen LogP) is 2.63. The monoisotopic (exact) mass is 233 g/mol. The highest BCUT2D eigenvalue weighted by atomic mass is 19.1. The van der Waals surface area contributed by atoms with Crippen LogP contribution in [0, 0.1) is 12.4 Å². The summed E-state index contributed by atoms with van der Waals surface area (Å²) in [6, 6.07) is 3.86. The molecule has 1 heterocycles. The number of hydrogen-bond acceptors (Lipinski definition) is 2. The number of ether oxygens (including phenoxy) is 1. The van der Waals surface area contributed by atoms with E-state index in [9.17, 15) is 4.39 Å². The fraction of sp³-hybridized carbons (Fsp3) is 0.167. The van der Waals surface area contributed by atoms with Crippen LogP contribution in [0.25, 0.3) is 4.85 Å². The van der Waals surface area contributed by atoms with E-state index in [1.807, 2.05) is 0 Å². The Hall–Kier alpha value is -2.35. The van der Waals surface area contributed by atoms with Gasteiger partial charge in [-0.1, -0.05) is 0 Å². The first kappa shape index (κ1) is 8.76. The van der Waals surface area contributed by atoms with Crippen molar-refractivity contribution in [2.75, 3.05) is 7.11 Å². The molecule has 0 fully saturated rings. The van der Waals surface area contributed by atoms with E-state index >= 15 is 0 Å². The molecule has 0 atom stereocenters. The standard InChI is InChI=1S/C12H10FN3O/c1-14-12-10(13)6-9(7-11(12)17-2)8-16-5-3-4-15-16/h3-7H,8H2,2H3/i8D2. The third kappa shape index (κ3) is 2.26. The van der Waals surface area contributed by atoms with Crippen molar-refractivity contribution in [2.45, 2.75) is 6.50 Å². The van der Waals surface area contributed by atoms with Crippen LogP contribution >= 0.6 is 0 Å². The second kappa shape index (κ2) is 4.66. The molecule has 0 aliphatic heterocycles. The zero-order chi connectivity index (χ0) is 14.0. The first-order valence-corrected chi connectivity index (χ1v) is 4.76. The van der Waals surface area contributed by atoms with Crippen molar-refractivity contribution < 1.29 is 11.9 Å². The topological polar surface area (TPSA) is 31.4 Å². The molecule has 0 saturated carbocycles. The summed E-state index contributed by atoms with van der Waals surface area (Å²) in [5.74, 6) is -0.818. The molecule has 0 aliphatic carbocycles. The molecule has 2 aromatic rings. The summed E-state index contributed by atoms with van der Waals surface area (Å²) in [6.07, 6.45) is 2.87. The van der Waals surface area contributed by atoms with Crippen LogP contribution in [0.5, 0.6) is 5.75 Å². The SMILES string of the molecule is [2H]C([2H])(c1cc(F)c([N+]#[C-])c(OC)c1)n1cccn1. The van der Waals surface area contributed by atoms with Gasteiger partial charge in [0.05, 0.1) is 22.9 Å². The summed E-state index contributed by atoms with van der Waals surface area (Å²) in [5.41, 5.74) is -0.236. The summed E-state index contributed by atoms with van der Waals surface area (Å²) < 4.78 is 35.7. The van der Waals surface area contributed by atoms with Gasteiger partial charge >= 0.3 is 0 Å². The zero-order valence-corrected chi connectivity index (χ0v) is 9.01. The minimum absolute atomic E-state index is 0.000955. The van der Waals surface area contributed by atoms with E-state index in [1.54, 1.807) is 6.07 Å². The van der Waals surface area contributed by atoms with Crippen molar-refractivity contribution in [1.29, 1.82) is 0 Å². The van der Waals surface area contributed by atoms with Gasteiger partial charge in [-0.3, -0.25) is 4.68 Å². The van der Waals surface area contributed by atoms with Crippen molar-refractivity contribution in [3.05, 3.63) is 53.4 Å². The number of nitrogens with zero attached hydrogens (tertiary/aromatic N) is 3. The maximum Gasteiger partial charge on any atom is 0.262 e. The molecule has 4 nitrogen and oxygen atoms in total. The number of halogens is 1. The molecule has 0 bridgehead atoms. The van der Waals surface area contributed by atoms with Crippen LogP contribution < -0.4 is 4.74 Å². The minimum Gasteiger partial charge on any atom is -0.508 e. The molecule has 0 unspecified atom stereocenters. The van der Waals surface area contributed by atoms with Crippen molar-refractivity contribution in [3.8, 4) is 5.75 Å². The third-order valence-electron chi connectivity index (χ3n) is 2.11.